The van der Waals surface area contributed by atoms with Gasteiger partial charge in [0, 0.05) is 31.4 Å². The average Bonchev–Trinajstić information content (AvgIpc) is 3.34. The number of phenols is 1. The number of phenolic OH excluding ortho intramolecular Hbond substituents is 1. The first kappa shape index (κ1) is 21.7. The van der Waals surface area contributed by atoms with Crippen LogP contribution in [0.1, 0.15) is 39.6 Å². The molecule has 0 bridgehead atoms. The van der Waals surface area contributed by atoms with E-state index in [1.54, 1.807) is 32.3 Å². The number of nitrogens with one attached hydrogen (secondary N) is 1. The molecule has 1 aliphatic rings. The second-order valence-electron chi connectivity index (χ2n) is 7.74. The number of carbonyl (C=O) groups is 1. The van der Waals surface area contributed by atoms with Gasteiger partial charge in [0.15, 0.2) is 11.5 Å². The van der Waals surface area contributed by atoms with Crippen molar-refractivity contribution in [2.75, 3.05) is 34.5 Å². The highest BCUT2D eigenvalue weighted by atomic mass is 16.5. The minimum atomic E-state index is -0.400. The van der Waals surface area contributed by atoms with E-state index in [2.05, 4.69) is 10.2 Å². The monoisotopic (exact) mass is 437 g/mol. The molecule has 0 unspecified atom stereocenters. The Morgan fingerprint density at radius 2 is 1.88 bits per heavy atom. The van der Waals surface area contributed by atoms with Gasteiger partial charge in [-0.3, -0.25) is 9.89 Å². The number of aromatic nitrogens is 2. The summed E-state index contributed by atoms with van der Waals surface area (Å²) >= 11 is 0. The van der Waals surface area contributed by atoms with E-state index in [0.29, 0.717) is 48.0 Å². The molecule has 8 nitrogen and oxygen atoms in total. The van der Waals surface area contributed by atoms with E-state index in [0.717, 1.165) is 16.7 Å². The van der Waals surface area contributed by atoms with Gasteiger partial charge in [0.2, 0.25) is 0 Å². The number of H-pyrrole nitrogens is 1. The van der Waals surface area contributed by atoms with Gasteiger partial charge in [-0.05, 0) is 43.2 Å². The molecule has 1 amide bonds. The van der Waals surface area contributed by atoms with E-state index in [4.69, 9.17) is 14.2 Å². The molecule has 0 fully saturated rings. The number of fused-ring (bicyclic) bond motifs is 1. The van der Waals surface area contributed by atoms with E-state index in [1.807, 2.05) is 37.3 Å². The Bertz CT molecular complexity index is 1140. The number of amides is 1. The van der Waals surface area contributed by atoms with Gasteiger partial charge in [-0.25, -0.2) is 0 Å². The van der Waals surface area contributed by atoms with Crippen LogP contribution in [0.15, 0.2) is 36.4 Å². The van der Waals surface area contributed by atoms with Crippen LogP contribution in [0.25, 0.3) is 11.3 Å². The van der Waals surface area contributed by atoms with Crippen LogP contribution in [-0.4, -0.2) is 60.6 Å². The highest BCUT2D eigenvalue weighted by Gasteiger charge is 2.42. The van der Waals surface area contributed by atoms with E-state index < -0.39 is 6.04 Å². The van der Waals surface area contributed by atoms with Crippen molar-refractivity contribution in [3.63, 3.8) is 0 Å². The smallest absolute Gasteiger partial charge is 0.273 e. The zero-order valence-corrected chi connectivity index (χ0v) is 18.6. The Hall–Kier alpha value is -3.52. The first-order chi connectivity index (χ1) is 15.5. The van der Waals surface area contributed by atoms with Gasteiger partial charge in [0.05, 0.1) is 20.3 Å². The van der Waals surface area contributed by atoms with E-state index in [1.165, 1.54) is 0 Å². The average molecular weight is 437 g/mol. The van der Waals surface area contributed by atoms with Gasteiger partial charge < -0.3 is 24.2 Å². The fourth-order valence-electron chi connectivity index (χ4n) is 4.22. The summed E-state index contributed by atoms with van der Waals surface area (Å²) in [5.74, 6) is 1.16. The summed E-state index contributed by atoms with van der Waals surface area (Å²) in [4.78, 5) is 15.1. The summed E-state index contributed by atoms with van der Waals surface area (Å²) < 4.78 is 16.1. The number of ether oxygens (including phenoxy) is 3. The van der Waals surface area contributed by atoms with Crippen LogP contribution in [0.2, 0.25) is 0 Å². The number of carbonyl (C=O) groups excluding carboxylic acids is 1. The van der Waals surface area contributed by atoms with Crippen LogP contribution in [0, 0.1) is 6.92 Å². The van der Waals surface area contributed by atoms with Gasteiger partial charge in [0.25, 0.3) is 5.91 Å². The Kier molecular flexibility index (Phi) is 6.05. The van der Waals surface area contributed by atoms with E-state index in [-0.39, 0.29) is 11.7 Å². The summed E-state index contributed by atoms with van der Waals surface area (Å²) in [6.45, 7) is 3.00. The first-order valence-corrected chi connectivity index (χ1v) is 10.4. The molecular formula is C24H27N3O5. The second-order valence-corrected chi connectivity index (χ2v) is 7.74. The van der Waals surface area contributed by atoms with Gasteiger partial charge in [-0.15, -0.1) is 0 Å². The van der Waals surface area contributed by atoms with Crippen LogP contribution >= 0.6 is 0 Å². The number of hydrogen-bond acceptors (Lipinski definition) is 6. The quantitative estimate of drug-likeness (QED) is 0.522. The maximum Gasteiger partial charge on any atom is 0.273 e. The van der Waals surface area contributed by atoms with Gasteiger partial charge >= 0.3 is 0 Å². The third-order valence-corrected chi connectivity index (χ3v) is 5.74. The third kappa shape index (κ3) is 3.67. The maximum absolute atomic E-state index is 13.3. The number of methoxy groups -OCH3 is 3. The molecule has 168 valence electrons. The molecule has 32 heavy (non-hydrogen) atoms. The third-order valence-electron chi connectivity index (χ3n) is 5.74. The minimum absolute atomic E-state index is 0.112. The van der Waals surface area contributed by atoms with E-state index in [9.17, 15) is 9.90 Å². The van der Waals surface area contributed by atoms with Crippen molar-refractivity contribution in [3.05, 3.63) is 58.8 Å². The molecule has 8 heteroatoms. The van der Waals surface area contributed by atoms with Gasteiger partial charge in [-0.1, -0.05) is 17.7 Å². The number of aryl methyl sites for hydroxylation is 1. The first-order valence-electron chi connectivity index (χ1n) is 10.4. The number of benzene rings is 2. The summed E-state index contributed by atoms with van der Waals surface area (Å²) in [7, 11) is 4.81. The normalized spacial score (nSPS) is 15.2. The number of aromatic hydroxyl groups is 1. The van der Waals surface area contributed by atoms with Crippen molar-refractivity contribution in [2.45, 2.75) is 19.4 Å². The summed E-state index contributed by atoms with van der Waals surface area (Å²) in [5, 5.41) is 17.9. The SMILES string of the molecule is COCCCN1C(=O)c2[nH]nc(-c3cc(C)ccc3O)c2[C@H]1c1ccc(OC)c(OC)c1. The molecule has 1 atom stereocenters. The topological polar surface area (TPSA) is 96.9 Å². The predicted octanol–water partition coefficient (Wildman–Crippen LogP) is 3.69. The number of hydrogen-bond donors (Lipinski definition) is 2. The Labute approximate surface area is 186 Å². The lowest BCUT2D eigenvalue weighted by Gasteiger charge is -2.27. The lowest BCUT2D eigenvalue weighted by Crippen LogP contribution is -2.31. The fourth-order valence-corrected chi connectivity index (χ4v) is 4.22. The molecule has 0 saturated heterocycles. The van der Waals surface area contributed by atoms with Gasteiger partial charge in [-0.2, -0.15) is 5.10 Å². The molecule has 4 rings (SSSR count). The Morgan fingerprint density at radius 1 is 1.09 bits per heavy atom. The lowest BCUT2D eigenvalue weighted by molar-refractivity contribution is 0.0723. The predicted molar refractivity (Wildman–Crippen MR) is 119 cm³/mol. The van der Waals surface area contributed by atoms with Crippen LogP contribution in [0.3, 0.4) is 0 Å². The molecular weight excluding hydrogens is 410 g/mol. The van der Waals surface area contributed by atoms with Crippen molar-refractivity contribution in [1.82, 2.24) is 15.1 Å². The zero-order valence-electron chi connectivity index (χ0n) is 18.6. The lowest BCUT2D eigenvalue weighted by atomic mass is 9.94. The minimum Gasteiger partial charge on any atom is -0.507 e. The van der Waals surface area contributed by atoms with Crippen molar-refractivity contribution in [3.8, 4) is 28.5 Å². The molecule has 2 aromatic carbocycles. The van der Waals surface area contributed by atoms with Crippen molar-refractivity contribution in [1.29, 1.82) is 0 Å². The van der Waals surface area contributed by atoms with E-state index >= 15 is 0 Å². The summed E-state index contributed by atoms with van der Waals surface area (Å²) in [5.41, 5.74) is 4.15. The fraction of sp³-hybridized carbons (Fsp3) is 0.333. The van der Waals surface area contributed by atoms with Gasteiger partial charge in [0.1, 0.15) is 17.1 Å². The van der Waals surface area contributed by atoms with Crippen molar-refractivity contribution in [2.24, 2.45) is 0 Å². The molecule has 2 N–H and O–H groups in total. The van der Waals surface area contributed by atoms with Crippen molar-refractivity contribution < 1.29 is 24.1 Å². The maximum atomic E-state index is 13.3. The summed E-state index contributed by atoms with van der Waals surface area (Å²) in [6.07, 6.45) is 0.689. The number of rotatable bonds is 8. The van der Waals surface area contributed by atoms with Crippen LogP contribution < -0.4 is 9.47 Å². The number of nitrogens with zero attached hydrogens (tertiary/aromatic N) is 2. The Morgan fingerprint density at radius 3 is 2.59 bits per heavy atom. The molecule has 0 spiro atoms. The molecule has 0 aliphatic carbocycles. The molecule has 2 heterocycles. The molecule has 3 aromatic rings. The zero-order chi connectivity index (χ0) is 22.8. The highest BCUT2D eigenvalue weighted by molar-refractivity contribution is 6.00. The van der Waals surface area contributed by atoms with Crippen molar-refractivity contribution >= 4 is 5.91 Å². The standard InChI is InChI=1S/C24H27N3O5/c1-14-6-8-17(28)16(12-14)21-20-22(26-25-21)24(29)27(10-5-11-30-2)23(20)15-7-9-18(31-3)19(13-15)32-4/h6-9,12-13,23,28H,5,10-11H2,1-4H3,(H,25,26)/t23-/m1/s1. The molecule has 0 saturated carbocycles. The molecule has 0 radical (unpaired) electrons. The largest absolute Gasteiger partial charge is 0.507 e. The van der Waals surface area contributed by atoms with Crippen LogP contribution in [0.4, 0.5) is 0 Å². The van der Waals surface area contributed by atoms with Crippen LogP contribution in [-0.2, 0) is 4.74 Å². The number of aromatic amines is 1. The second kappa shape index (κ2) is 8.92. The molecule has 1 aromatic heterocycles. The molecule has 1 aliphatic heterocycles. The van der Waals surface area contributed by atoms with Crippen LogP contribution in [0.5, 0.6) is 17.2 Å². The Balaban J connectivity index is 1.87. The highest BCUT2D eigenvalue weighted by Crippen LogP contribution is 2.46. The summed E-state index contributed by atoms with van der Waals surface area (Å²) in [6, 6.07) is 10.6.